The van der Waals surface area contributed by atoms with Gasteiger partial charge in [-0.25, -0.2) is 0 Å². The summed E-state index contributed by atoms with van der Waals surface area (Å²) < 4.78 is 0. The van der Waals surface area contributed by atoms with Gasteiger partial charge < -0.3 is 10.2 Å². The van der Waals surface area contributed by atoms with Crippen molar-refractivity contribution in [1.29, 1.82) is 0 Å². The fraction of sp³-hybridized carbons (Fsp3) is 0.417. The van der Waals surface area contributed by atoms with Gasteiger partial charge in [0.05, 0.1) is 0 Å². The van der Waals surface area contributed by atoms with Crippen molar-refractivity contribution in [1.82, 2.24) is 0 Å². The van der Waals surface area contributed by atoms with Crippen molar-refractivity contribution in [3.63, 3.8) is 0 Å². The van der Waals surface area contributed by atoms with Gasteiger partial charge in [0.1, 0.15) is 5.75 Å². The number of aliphatic carboxylic acids is 1. The Kier molecular flexibility index (Phi) is 2.62. The lowest BCUT2D eigenvalue weighted by Gasteiger charge is -2.05. The van der Waals surface area contributed by atoms with Crippen LogP contribution < -0.4 is 0 Å². The van der Waals surface area contributed by atoms with E-state index in [0.717, 1.165) is 18.4 Å². The fourth-order valence-corrected chi connectivity index (χ4v) is 2.25. The molecule has 0 spiro atoms. The number of phenolic OH excluding ortho intramolecular Hbond substituents is 1. The summed E-state index contributed by atoms with van der Waals surface area (Å²) in [5.41, 5.74) is 2.18. The van der Waals surface area contributed by atoms with E-state index in [1.807, 2.05) is 12.1 Å². The lowest BCUT2D eigenvalue weighted by molar-refractivity contribution is -0.137. The zero-order chi connectivity index (χ0) is 10.8. The molecule has 0 radical (unpaired) electrons. The largest absolute Gasteiger partial charge is 0.508 e. The van der Waals surface area contributed by atoms with E-state index in [2.05, 4.69) is 0 Å². The number of phenols is 1. The number of carboxylic acid groups (broad SMARTS) is 1. The van der Waals surface area contributed by atoms with Gasteiger partial charge in [0, 0.05) is 6.42 Å². The highest BCUT2D eigenvalue weighted by atomic mass is 16.4. The first-order valence-corrected chi connectivity index (χ1v) is 5.18. The molecule has 2 rings (SSSR count). The summed E-state index contributed by atoms with van der Waals surface area (Å²) in [5.74, 6) is -0.00935. The number of fused-ring (bicyclic) bond motifs is 1. The van der Waals surface area contributed by atoms with Gasteiger partial charge in [-0.05, 0) is 42.4 Å². The van der Waals surface area contributed by atoms with Crippen LogP contribution in [0.25, 0.3) is 0 Å². The second kappa shape index (κ2) is 3.93. The van der Waals surface area contributed by atoms with Gasteiger partial charge in [0.2, 0.25) is 0 Å². The third-order valence-electron chi connectivity index (χ3n) is 3.02. The van der Waals surface area contributed by atoms with Gasteiger partial charge >= 0.3 is 5.97 Å². The van der Waals surface area contributed by atoms with Gasteiger partial charge in [-0.1, -0.05) is 12.1 Å². The van der Waals surface area contributed by atoms with Crippen molar-refractivity contribution in [2.24, 2.45) is 5.92 Å². The molecule has 0 heterocycles. The Bertz CT molecular complexity index is 384. The van der Waals surface area contributed by atoms with Crippen LogP contribution in [-0.2, 0) is 17.6 Å². The SMILES string of the molecule is O=C(O)CCC1Cc2cccc(O)c2C1. The van der Waals surface area contributed by atoms with Crippen molar-refractivity contribution in [3.8, 4) is 5.75 Å². The zero-order valence-corrected chi connectivity index (χ0v) is 8.44. The molecular formula is C12H14O3. The molecule has 1 aromatic carbocycles. The topological polar surface area (TPSA) is 57.5 Å². The number of benzene rings is 1. The zero-order valence-electron chi connectivity index (χ0n) is 8.44. The van der Waals surface area contributed by atoms with E-state index in [1.165, 1.54) is 5.56 Å². The van der Waals surface area contributed by atoms with Crippen molar-refractivity contribution < 1.29 is 15.0 Å². The van der Waals surface area contributed by atoms with Gasteiger partial charge in [-0.15, -0.1) is 0 Å². The van der Waals surface area contributed by atoms with Crippen LogP contribution >= 0.6 is 0 Å². The van der Waals surface area contributed by atoms with Crippen LogP contribution in [-0.4, -0.2) is 16.2 Å². The maximum atomic E-state index is 10.4. The summed E-state index contributed by atoms with van der Waals surface area (Å²) in [5, 5.41) is 18.2. The van der Waals surface area contributed by atoms with Crippen LogP contribution in [0.4, 0.5) is 0 Å². The Balaban J connectivity index is 2.03. The molecule has 1 aromatic rings. The molecule has 1 aliphatic rings. The average Bonchev–Trinajstić information content (AvgIpc) is 2.59. The van der Waals surface area contributed by atoms with Crippen molar-refractivity contribution in [2.45, 2.75) is 25.7 Å². The number of hydrogen-bond donors (Lipinski definition) is 2. The van der Waals surface area contributed by atoms with E-state index in [1.54, 1.807) is 6.07 Å². The Labute approximate surface area is 88.4 Å². The van der Waals surface area contributed by atoms with Crippen molar-refractivity contribution >= 4 is 5.97 Å². The maximum Gasteiger partial charge on any atom is 0.303 e. The molecule has 0 saturated heterocycles. The molecule has 1 aliphatic carbocycles. The molecule has 3 heteroatoms. The Morgan fingerprint density at radius 2 is 2.20 bits per heavy atom. The summed E-state index contributed by atoms with van der Waals surface area (Å²) >= 11 is 0. The summed E-state index contributed by atoms with van der Waals surface area (Å²) in [7, 11) is 0. The van der Waals surface area contributed by atoms with Crippen LogP contribution in [0.15, 0.2) is 18.2 Å². The average molecular weight is 206 g/mol. The summed E-state index contributed by atoms with van der Waals surface area (Å²) in [6.45, 7) is 0. The second-order valence-electron chi connectivity index (χ2n) is 4.12. The molecular weight excluding hydrogens is 192 g/mol. The molecule has 3 nitrogen and oxygen atoms in total. The van der Waals surface area contributed by atoms with E-state index in [-0.39, 0.29) is 6.42 Å². The van der Waals surface area contributed by atoms with Crippen LogP contribution in [0.2, 0.25) is 0 Å². The highest BCUT2D eigenvalue weighted by Gasteiger charge is 2.23. The fourth-order valence-electron chi connectivity index (χ4n) is 2.25. The van der Waals surface area contributed by atoms with Crippen LogP contribution in [0, 0.1) is 5.92 Å². The lowest BCUT2D eigenvalue weighted by atomic mass is 10.0. The molecule has 0 saturated carbocycles. The predicted octanol–water partition coefficient (Wildman–Crippen LogP) is 1.97. The van der Waals surface area contributed by atoms with Crippen molar-refractivity contribution in [2.75, 3.05) is 0 Å². The van der Waals surface area contributed by atoms with Gasteiger partial charge in [-0.3, -0.25) is 4.79 Å². The minimum atomic E-state index is -0.741. The Hall–Kier alpha value is -1.51. The smallest absolute Gasteiger partial charge is 0.303 e. The highest BCUT2D eigenvalue weighted by molar-refractivity contribution is 5.66. The van der Waals surface area contributed by atoms with Crippen LogP contribution in [0.3, 0.4) is 0 Å². The van der Waals surface area contributed by atoms with Gasteiger partial charge in [0.15, 0.2) is 0 Å². The standard InChI is InChI=1S/C12H14O3/c13-11-3-1-2-9-6-8(7-10(9)11)4-5-12(14)15/h1-3,8,13H,4-7H2,(H,14,15). The third kappa shape index (κ3) is 2.12. The summed E-state index contributed by atoms with van der Waals surface area (Å²) in [4.78, 5) is 10.4. The molecule has 1 atom stereocenters. The van der Waals surface area contributed by atoms with Crippen LogP contribution in [0.1, 0.15) is 24.0 Å². The van der Waals surface area contributed by atoms with E-state index in [4.69, 9.17) is 5.11 Å². The quantitative estimate of drug-likeness (QED) is 0.795. The number of rotatable bonds is 3. The molecule has 0 fully saturated rings. The molecule has 2 N–H and O–H groups in total. The van der Waals surface area contributed by atoms with E-state index in [9.17, 15) is 9.90 Å². The first-order valence-electron chi connectivity index (χ1n) is 5.18. The monoisotopic (exact) mass is 206 g/mol. The molecule has 1 unspecified atom stereocenters. The number of aromatic hydroxyl groups is 1. The molecule has 0 aliphatic heterocycles. The maximum absolute atomic E-state index is 10.4. The summed E-state index contributed by atoms with van der Waals surface area (Å²) in [6, 6.07) is 5.54. The highest BCUT2D eigenvalue weighted by Crippen LogP contribution is 2.34. The van der Waals surface area contributed by atoms with Gasteiger partial charge in [0.25, 0.3) is 0 Å². The molecule has 80 valence electrons. The number of carboxylic acids is 1. The van der Waals surface area contributed by atoms with E-state index >= 15 is 0 Å². The number of hydrogen-bond acceptors (Lipinski definition) is 2. The van der Waals surface area contributed by atoms with E-state index < -0.39 is 5.97 Å². The lowest BCUT2D eigenvalue weighted by Crippen LogP contribution is -2.04. The minimum Gasteiger partial charge on any atom is -0.508 e. The predicted molar refractivity (Wildman–Crippen MR) is 55.9 cm³/mol. The Morgan fingerprint density at radius 3 is 2.87 bits per heavy atom. The number of carbonyl (C=O) groups is 1. The first-order chi connectivity index (χ1) is 7.16. The minimum absolute atomic E-state index is 0.222. The first kappa shape index (κ1) is 10.0. The molecule has 0 bridgehead atoms. The molecule has 0 amide bonds. The van der Waals surface area contributed by atoms with Crippen molar-refractivity contribution in [3.05, 3.63) is 29.3 Å². The molecule has 0 aromatic heterocycles. The van der Waals surface area contributed by atoms with E-state index in [0.29, 0.717) is 18.1 Å². The second-order valence-corrected chi connectivity index (χ2v) is 4.12. The van der Waals surface area contributed by atoms with Gasteiger partial charge in [-0.2, -0.15) is 0 Å². The summed E-state index contributed by atoms with van der Waals surface area (Å²) in [6.07, 6.45) is 2.63. The third-order valence-corrected chi connectivity index (χ3v) is 3.02. The Morgan fingerprint density at radius 1 is 1.40 bits per heavy atom. The normalized spacial score (nSPS) is 18.8. The molecule has 15 heavy (non-hydrogen) atoms. The van der Waals surface area contributed by atoms with Crippen LogP contribution in [0.5, 0.6) is 5.75 Å².